The molecular weight excluding hydrogens is 348 g/mol. The van der Waals surface area contributed by atoms with Gasteiger partial charge in [-0.05, 0) is 43.5 Å². The number of carbonyl (C=O) groups excluding carboxylic acids is 2. The molecule has 4 rings (SSSR count). The predicted molar refractivity (Wildman–Crippen MR) is 96.3 cm³/mol. The van der Waals surface area contributed by atoms with Gasteiger partial charge in [-0.3, -0.25) is 14.3 Å². The van der Waals surface area contributed by atoms with Crippen LogP contribution >= 0.6 is 0 Å². The van der Waals surface area contributed by atoms with Gasteiger partial charge in [0.15, 0.2) is 11.5 Å². The molecule has 27 heavy (non-hydrogen) atoms. The summed E-state index contributed by atoms with van der Waals surface area (Å²) in [4.78, 5) is 26.6. The third-order valence-corrected chi connectivity index (χ3v) is 4.65. The summed E-state index contributed by atoms with van der Waals surface area (Å²) >= 11 is 0. The molecule has 4 heterocycles. The van der Waals surface area contributed by atoms with Gasteiger partial charge in [0.2, 0.25) is 0 Å². The number of rotatable bonds is 5. The maximum Gasteiger partial charge on any atom is 0.291 e. The Bertz CT molecular complexity index is 898. The zero-order chi connectivity index (χ0) is 18.6. The van der Waals surface area contributed by atoms with Crippen molar-refractivity contribution in [3.05, 3.63) is 60.7 Å². The third-order valence-electron chi connectivity index (χ3n) is 4.65. The van der Waals surface area contributed by atoms with Gasteiger partial charge in [0.1, 0.15) is 0 Å². The summed E-state index contributed by atoms with van der Waals surface area (Å²) < 4.78 is 12.1. The minimum absolute atomic E-state index is 0.0323. The molecule has 1 aliphatic rings. The Morgan fingerprint density at radius 1 is 1.15 bits per heavy atom. The number of piperidine rings is 1. The number of likely N-dealkylation sites (tertiary alicyclic amines) is 1. The molecule has 1 aliphatic heterocycles. The Hall–Kier alpha value is -3.29. The van der Waals surface area contributed by atoms with E-state index in [1.807, 2.05) is 4.90 Å². The highest BCUT2D eigenvalue weighted by Gasteiger charge is 2.29. The average Bonchev–Trinajstić information content (AvgIpc) is 3.44. The van der Waals surface area contributed by atoms with Crippen molar-refractivity contribution in [2.75, 3.05) is 11.9 Å². The van der Waals surface area contributed by atoms with Crippen LogP contribution in [0, 0.1) is 0 Å². The Morgan fingerprint density at radius 3 is 2.67 bits per heavy atom. The minimum Gasteiger partial charge on any atom is -0.459 e. The van der Waals surface area contributed by atoms with Crippen LogP contribution < -0.4 is 5.32 Å². The summed E-state index contributed by atoms with van der Waals surface area (Å²) in [6.07, 6.45) is 9.25. The van der Waals surface area contributed by atoms with Crippen molar-refractivity contribution >= 4 is 17.5 Å². The molecule has 0 aromatic carbocycles. The van der Waals surface area contributed by atoms with E-state index in [4.69, 9.17) is 8.83 Å². The van der Waals surface area contributed by atoms with Gasteiger partial charge in [0, 0.05) is 12.7 Å². The van der Waals surface area contributed by atoms with Crippen molar-refractivity contribution in [1.82, 2.24) is 14.7 Å². The second-order valence-corrected chi connectivity index (χ2v) is 6.51. The van der Waals surface area contributed by atoms with E-state index >= 15 is 0 Å². The Balaban J connectivity index is 1.42. The molecule has 1 atom stereocenters. The van der Waals surface area contributed by atoms with Crippen molar-refractivity contribution in [1.29, 1.82) is 0 Å². The molecular formula is C19H20N4O4. The summed E-state index contributed by atoms with van der Waals surface area (Å²) in [5, 5.41) is 7.06. The molecule has 1 saturated heterocycles. The summed E-state index contributed by atoms with van der Waals surface area (Å²) in [5.41, 5.74) is 0.580. The maximum absolute atomic E-state index is 12.7. The SMILES string of the molecule is O=C(Nc1cnn(C[C@@H]2CCCCN2C(=O)c2ccco2)c1)c1ccco1. The molecule has 0 unspecified atom stereocenters. The van der Waals surface area contributed by atoms with Gasteiger partial charge in [0.05, 0.1) is 37.0 Å². The van der Waals surface area contributed by atoms with Crippen molar-refractivity contribution in [2.24, 2.45) is 0 Å². The maximum atomic E-state index is 12.7. The summed E-state index contributed by atoms with van der Waals surface area (Å²) in [7, 11) is 0. The summed E-state index contributed by atoms with van der Waals surface area (Å²) in [5.74, 6) is 0.175. The monoisotopic (exact) mass is 368 g/mol. The Kier molecular flexibility index (Phi) is 4.78. The first-order valence-electron chi connectivity index (χ1n) is 8.92. The Labute approximate surface area is 155 Å². The first kappa shape index (κ1) is 17.1. The van der Waals surface area contributed by atoms with Gasteiger partial charge in [-0.25, -0.2) is 0 Å². The van der Waals surface area contributed by atoms with Gasteiger partial charge in [0.25, 0.3) is 11.8 Å². The van der Waals surface area contributed by atoms with Crippen LogP contribution in [-0.2, 0) is 6.54 Å². The van der Waals surface area contributed by atoms with E-state index in [1.165, 1.54) is 12.5 Å². The van der Waals surface area contributed by atoms with Crippen LogP contribution in [0.25, 0.3) is 0 Å². The molecule has 3 aromatic heterocycles. The minimum atomic E-state index is -0.327. The molecule has 8 nitrogen and oxygen atoms in total. The molecule has 2 amide bonds. The molecule has 1 fully saturated rings. The molecule has 8 heteroatoms. The normalized spacial score (nSPS) is 17.0. The van der Waals surface area contributed by atoms with Gasteiger partial charge in [-0.2, -0.15) is 5.10 Å². The number of furan rings is 2. The van der Waals surface area contributed by atoms with E-state index in [0.717, 1.165) is 19.3 Å². The van der Waals surface area contributed by atoms with Crippen molar-refractivity contribution in [2.45, 2.75) is 31.8 Å². The van der Waals surface area contributed by atoms with Crippen LogP contribution in [0.3, 0.4) is 0 Å². The fourth-order valence-corrected chi connectivity index (χ4v) is 3.34. The van der Waals surface area contributed by atoms with Crippen LogP contribution in [0.2, 0.25) is 0 Å². The molecule has 0 bridgehead atoms. The largest absolute Gasteiger partial charge is 0.459 e. The lowest BCUT2D eigenvalue weighted by atomic mass is 10.0. The van der Waals surface area contributed by atoms with Crippen LogP contribution in [0.1, 0.15) is 40.4 Å². The smallest absolute Gasteiger partial charge is 0.291 e. The lowest BCUT2D eigenvalue weighted by Gasteiger charge is -2.35. The van der Waals surface area contributed by atoms with Gasteiger partial charge in [-0.1, -0.05) is 0 Å². The average molecular weight is 368 g/mol. The van der Waals surface area contributed by atoms with E-state index in [1.54, 1.807) is 41.3 Å². The van der Waals surface area contributed by atoms with Crippen molar-refractivity contribution < 1.29 is 18.4 Å². The van der Waals surface area contributed by atoms with E-state index in [9.17, 15) is 9.59 Å². The quantitative estimate of drug-likeness (QED) is 0.747. The van der Waals surface area contributed by atoms with Gasteiger partial charge < -0.3 is 19.1 Å². The van der Waals surface area contributed by atoms with Crippen molar-refractivity contribution in [3.8, 4) is 0 Å². The highest BCUT2D eigenvalue weighted by Crippen LogP contribution is 2.22. The van der Waals surface area contributed by atoms with Crippen LogP contribution in [0.5, 0.6) is 0 Å². The first-order chi connectivity index (χ1) is 13.2. The van der Waals surface area contributed by atoms with Crippen LogP contribution in [-0.4, -0.2) is 39.1 Å². The molecule has 1 N–H and O–H groups in total. The fraction of sp³-hybridized carbons (Fsp3) is 0.316. The number of hydrogen-bond acceptors (Lipinski definition) is 5. The standard InChI is InChI=1S/C19H20N4O4/c24-18(16-6-3-9-26-16)21-14-11-20-22(12-14)13-15-5-1-2-8-23(15)19(25)17-7-4-10-27-17/h3-4,6-7,9-12,15H,1-2,5,8,13H2,(H,21,24)/t15-/m0/s1. The molecule has 0 spiro atoms. The number of anilines is 1. The number of aromatic nitrogens is 2. The second-order valence-electron chi connectivity index (χ2n) is 6.51. The lowest BCUT2D eigenvalue weighted by molar-refractivity contribution is 0.0551. The fourth-order valence-electron chi connectivity index (χ4n) is 3.34. The van der Waals surface area contributed by atoms with E-state index in [2.05, 4.69) is 10.4 Å². The molecule has 0 aliphatic carbocycles. The number of carbonyl (C=O) groups is 2. The predicted octanol–water partition coefficient (Wildman–Crippen LogP) is 3.02. The molecule has 0 radical (unpaired) electrons. The molecule has 3 aromatic rings. The number of nitrogens with one attached hydrogen (secondary N) is 1. The molecule has 140 valence electrons. The first-order valence-corrected chi connectivity index (χ1v) is 8.92. The zero-order valence-corrected chi connectivity index (χ0v) is 14.7. The van der Waals surface area contributed by atoms with Gasteiger partial charge in [-0.15, -0.1) is 0 Å². The highest BCUT2D eigenvalue weighted by atomic mass is 16.3. The topological polar surface area (TPSA) is 93.5 Å². The third kappa shape index (κ3) is 3.79. The van der Waals surface area contributed by atoms with Gasteiger partial charge >= 0.3 is 0 Å². The summed E-state index contributed by atoms with van der Waals surface area (Å²) in [6, 6.07) is 6.69. The van der Waals surface area contributed by atoms with Crippen LogP contribution in [0.15, 0.2) is 58.0 Å². The Morgan fingerprint density at radius 2 is 1.93 bits per heavy atom. The van der Waals surface area contributed by atoms with Crippen molar-refractivity contribution in [3.63, 3.8) is 0 Å². The van der Waals surface area contributed by atoms with E-state index in [0.29, 0.717) is 24.5 Å². The van der Waals surface area contributed by atoms with E-state index in [-0.39, 0.29) is 23.6 Å². The number of amides is 2. The number of nitrogens with zero attached hydrogens (tertiary/aromatic N) is 3. The van der Waals surface area contributed by atoms with E-state index < -0.39 is 0 Å². The zero-order valence-electron chi connectivity index (χ0n) is 14.7. The lowest BCUT2D eigenvalue weighted by Crippen LogP contribution is -2.45. The number of hydrogen-bond donors (Lipinski definition) is 1. The molecule has 0 saturated carbocycles. The van der Waals surface area contributed by atoms with Crippen LogP contribution in [0.4, 0.5) is 5.69 Å². The second kappa shape index (κ2) is 7.53. The summed E-state index contributed by atoms with van der Waals surface area (Å²) in [6.45, 7) is 1.26. The highest BCUT2D eigenvalue weighted by molar-refractivity contribution is 6.02.